The summed E-state index contributed by atoms with van der Waals surface area (Å²) in [5, 5.41) is 4.51. The third-order valence-electron chi connectivity index (χ3n) is 4.22. The van der Waals surface area contributed by atoms with Crippen molar-refractivity contribution in [3.05, 3.63) is 40.1 Å². The number of hydrogen-bond donors (Lipinski definition) is 0. The SMILES string of the molecule is COC(=O)C(C(C)C)n1ncc2c1CCc1cc(Br)ccc1-2. The maximum atomic E-state index is 12.1. The first-order chi connectivity index (χ1) is 10.5. The molecule has 4 nitrogen and oxygen atoms in total. The Balaban J connectivity index is 2.09. The number of esters is 1. The first-order valence-electron chi connectivity index (χ1n) is 7.46. The Labute approximate surface area is 138 Å². The van der Waals surface area contributed by atoms with Gasteiger partial charge in [-0.25, -0.2) is 4.79 Å². The van der Waals surface area contributed by atoms with Crippen LogP contribution in [0.25, 0.3) is 11.1 Å². The van der Waals surface area contributed by atoms with Crippen LogP contribution < -0.4 is 0 Å². The smallest absolute Gasteiger partial charge is 0.330 e. The third-order valence-corrected chi connectivity index (χ3v) is 4.72. The standard InChI is InChI=1S/C17H19BrN2O2/c1-10(2)16(17(21)22-3)20-15-7-4-11-8-12(18)5-6-13(11)14(15)9-19-20/h5-6,8-10,16H,4,7H2,1-3H3. The highest BCUT2D eigenvalue weighted by molar-refractivity contribution is 9.10. The topological polar surface area (TPSA) is 44.1 Å². The molecule has 1 aliphatic rings. The molecular weight excluding hydrogens is 344 g/mol. The summed E-state index contributed by atoms with van der Waals surface area (Å²) in [7, 11) is 1.43. The van der Waals surface area contributed by atoms with Gasteiger partial charge >= 0.3 is 5.97 Å². The molecule has 0 spiro atoms. The van der Waals surface area contributed by atoms with Gasteiger partial charge in [-0.3, -0.25) is 4.68 Å². The molecule has 0 fully saturated rings. The minimum absolute atomic E-state index is 0.128. The van der Waals surface area contributed by atoms with Gasteiger partial charge in [0, 0.05) is 15.7 Å². The van der Waals surface area contributed by atoms with E-state index in [1.807, 2.05) is 30.8 Å². The number of carbonyl (C=O) groups excluding carboxylic acids is 1. The van der Waals surface area contributed by atoms with Crippen LogP contribution in [0.4, 0.5) is 0 Å². The number of nitrogens with zero attached hydrogens (tertiary/aromatic N) is 2. The lowest BCUT2D eigenvalue weighted by Crippen LogP contribution is -2.28. The second kappa shape index (κ2) is 5.88. The van der Waals surface area contributed by atoms with Crippen LogP contribution >= 0.6 is 15.9 Å². The number of methoxy groups -OCH3 is 1. The van der Waals surface area contributed by atoms with Gasteiger partial charge in [-0.05, 0) is 42.0 Å². The Morgan fingerprint density at radius 3 is 2.77 bits per heavy atom. The number of aryl methyl sites for hydroxylation is 1. The minimum atomic E-state index is -0.370. The van der Waals surface area contributed by atoms with Crippen molar-refractivity contribution < 1.29 is 9.53 Å². The average molecular weight is 363 g/mol. The van der Waals surface area contributed by atoms with Gasteiger partial charge in [0.1, 0.15) is 0 Å². The maximum Gasteiger partial charge on any atom is 0.330 e. The fourth-order valence-electron chi connectivity index (χ4n) is 3.16. The monoisotopic (exact) mass is 362 g/mol. The fraction of sp³-hybridized carbons (Fsp3) is 0.412. The van der Waals surface area contributed by atoms with Gasteiger partial charge in [0.05, 0.1) is 13.3 Å². The molecule has 0 amide bonds. The van der Waals surface area contributed by atoms with Crippen molar-refractivity contribution in [2.45, 2.75) is 32.7 Å². The highest BCUT2D eigenvalue weighted by atomic mass is 79.9. The van der Waals surface area contributed by atoms with Crippen LogP contribution in [0.1, 0.15) is 31.1 Å². The van der Waals surface area contributed by atoms with Crippen molar-refractivity contribution in [3.63, 3.8) is 0 Å². The molecule has 0 saturated carbocycles. The van der Waals surface area contributed by atoms with E-state index >= 15 is 0 Å². The lowest BCUT2D eigenvalue weighted by molar-refractivity contribution is -0.146. The number of fused-ring (bicyclic) bond motifs is 3. The molecule has 0 saturated heterocycles. The summed E-state index contributed by atoms with van der Waals surface area (Å²) in [6.45, 7) is 4.03. The van der Waals surface area contributed by atoms with Crippen LogP contribution in [0, 0.1) is 5.92 Å². The summed E-state index contributed by atoms with van der Waals surface area (Å²) < 4.78 is 7.92. The Morgan fingerprint density at radius 2 is 2.09 bits per heavy atom. The second-order valence-electron chi connectivity index (χ2n) is 5.96. The number of ether oxygens (including phenoxy) is 1. The van der Waals surface area contributed by atoms with E-state index in [1.165, 1.54) is 18.2 Å². The summed E-state index contributed by atoms with van der Waals surface area (Å²) in [6.07, 6.45) is 3.72. The molecule has 22 heavy (non-hydrogen) atoms. The molecule has 2 aromatic rings. The number of carbonyl (C=O) groups is 1. The molecule has 116 valence electrons. The summed E-state index contributed by atoms with van der Waals surface area (Å²) in [5.41, 5.74) is 4.78. The quantitative estimate of drug-likeness (QED) is 0.780. The Morgan fingerprint density at radius 1 is 1.32 bits per heavy atom. The van der Waals surface area contributed by atoms with Gasteiger partial charge in [-0.1, -0.05) is 35.8 Å². The molecule has 0 aliphatic heterocycles. The molecule has 1 aromatic carbocycles. The molecule has 5 heteroatoms. The normalized spacial score (nSPS) is 14.4. The molecule has 1 aromatic heterocycles. The summed E-state index contributed by atoms with van der Waals surface area (Å²) in [6, 6.07) is 5.96. The Kier molecular flexibility index (Phi) is 4.08. The highest BCUT2D eigenvalue weighted by Crippen LogP contribution is 2.36. The van der Waals surface area contributed by atoms with E-state index in [-0.39, 0.29) is 17.9 Å². The summed E-state index contributed by atoms with van der Waals surface area (Å²) >= 11 is 3.52. The first kappa shape index (κ1) is 15.3. The zero-order valence-corrected chi connectivity index (χ0v) is 14.6. The van der Waals surface area contributed by atoms with Crippen LogP contribution in [0.15, 0.2) is 28.9 Å². The van der Waals surface area contributed by atoms with Gasteiger partial charge in [0.15, 0.2) is 6.04 Å². The van der Waals surface area contributed by atoms with Crippen molar-refractivity contribution in [2.24, 2.45) is 5.92 Å². The van der Waals surface area contributed by atoms with Gasteiger partial charge in [0.25, 0.3) is 0 Å². The molecule has 0 N–H and O–H groups in total. The summed E-state index contributed by atoms with van der Waals surface area (Å²) in [4.78, 5) is 12.1. The summed E-state index contributed by atoms with van der Waals surface area (Å²) in [5.74, 6) is -0.106. The third kappa shape index (κ3) is 2.47. The molecule has 1 heterocycles. The minimum Gasteiger partial charge on any atom is -0.467 e. The second-order valence-corrected chi connectivity index (χ2v) is 6.88. The van der Waals surface area contributed by atoms with E-state index in [0.29, 0.717) is 0 Å². The molecule has 1 aliphatic carbocycles. The number of halogens is 1. The van der Waals surface area contributed by atoms with Gasteiger partial charge in [-0.15, -0.1) is 0 Å². The van der Waals surface area contributed by atoms with E-state index in [4.69, 9.17) is 4.74 Å². The predicted octanol–water partition coefficient (Wildman–Crippen LogP) is 3.78. The average Bonchev–Trinajstić information content (AvgIpc) is 2.90. The van der Waals surface area contributed by atoms with Crippen molar-refractivity contribution in [1.29, 1.82) is 0 Å². The maximum absolute atomic E-state index is 12.1. The lowest BCUT2D eigenvalue weighted by atomic mass is 9.89. The Hall–Kier alpha value is -1.62. The fourth-order valence-corrected chi connectivity index (χ4v) is 3.57. The van der Waals surface area contributed by atoms with E-state index < -0.39 is 0 Å². The number of hydrogen-bond acceptors (Lipinski definition) is 3. The van der Waals surface area contributed by atoms with Crippen molar-refractivity contribution in [3.8, 4) is 11.1 Å². The first-order valence-corrected chi connectivity index (χ1v) is 8.25. The van der Waals surface area contributed by atoms with Crippen LogP contribution in [0.5, 0.6) is 0 Å². The van der Waals surface area contributed by atoms with Crippen molar-refractivity contribution in [2.75, 3.05) is 7.11 Å². The molecule has 1 unspecified atom stereocenters. The molecule has 3 rings (SSSR count). The molecule has 0 radical (unpaired) electrons. The van der Waals surface area contributed by atoms with E-state index in [0.717, 1.165) is 28.6 Å². The van der Waals surface area contributed by atoms with Crippen molar-refractivity contribution in [1.82, 2.24) is 9.78 Å². The van der Waals surface area contributed by atoms with Gasteiger partial charge < -0.3 is 4.74 Å². The van der Waals surface area contributed by atoms with E-state index in [9.17, 15) is 4.79 Å². The van der Waals surface area contributed by atoms with E-state index in [2.05, 4.69) is 33.2 Å². The number of benzene rings is 1. The molecule has 0 bridgehead atoms. The largest absolute Gasteiger partial charge is 0.467 e. The van der Waals surface area contributed by atoms with E-state index in [1.54, 1.807) is 0 Å². The van der Waals surface area contributed by atoms with Crippen LogP contribution in [-0.4, -0.2) is 22.9 Å². The zero-order valence-electron chi connectivity index (χ0n) is 13.0. The van der Waals surface area contributed by atoms with Crippen molar-refractivity contribution >= 4 is 21.9 Å². The number of aromatic nitrogens is 2. The lowest BCUT2D eigenvalue weighted by Gasteiger charge is -2.24. The van der Waals surface area contributed by atoms with Crippen LogP contribution in [0.2, 0.25) is 0 Å². The molecule has 1 atom stereocenters. The zero-order chi connectivity index (χ0) is 15.9. The predicted molar refractivity (Wildman–Crippen MR) is 88.7 cm³/mol. The highest BCUT2D eigenvalue weighted by Gasteiger charge is 2.30. The van der Waals surface area contributed by atoms with Crippen LogP contribution in [-0.2, 0) is 22.4 Å². The van der Waals surface area contributed by atoms with Gasteiger partial charge in [-0.2, -0.15) is 5.10 Å². The molecular formula is C17H19BrN2O2. The van der Waals surface area contributed by atoms with Crippen LogP contribution in [0.3, 0.4) is 0 Å². The number of rotatable bonds is 3. The van der Waals surface area contributed by atoms with Gasteiger partial charge in [0.2, 0.25) is 0 Å². The Bertz CT molecular complexity index is 721.